The van der Waals surface area contributed by atoms with Crippen LogP contribution >= 0.6 is 0 Å². The Kier molecular flexibility index (Phi) is 8.45. The van der Waals surface area contributed by atoms with Crippen LogP contribution in [0.15, 0.2) is 54.6 Å². The second kappa shape index (κ2) is 11.3. The molecule has 0 fully saturated rings. The number of carboxylic acid groups (broad SMARTS) is 1. The average Bonchev–Trinajstić information content (AvgIpc) is 2.83. The number of aryl methyl sites for hydroxylation is 1. The van der Waals surface area contributed by atoms with Crippen LogP contribution in [-0.4, -0.2) is 52.6 Å². The van der Waals surface area contributed by atoms with Gasteiger partial charge in [0.05, 0.1) is 12.5 Å². The molecule has 3 rings (SSSR count). The second-order valence-electron chi connectivity index (χ2n) is 9.03. The number of fused-ring (bicyclic) bond motifs is 1. The summed E-state index contributed by atoms with van der Waals surface area (Å²) in [4.78, 5) is 40.6. The van der Waals surface area contributed by atoms with E-state index in [1.807, 2.05) is 68.4 Å². The maximum atomic E-state index is 13.8. The van der Waals surface area contributed by atoms with Gasteiger partial charge < -0.3 is 14.7 Å². The van der Waals surface area contributed by atoms with Crippen LogP contribution in [0.1, 0.15) is 43.9 Å². The highest BCUT2D eigenvalue weighted by Gasteiger charge is 2.51. The number of benzene rings is 2. The summed E-state index contributed by atoms with van der Waals surface area (Å²) in [5.74, 6) is -2.68. The quantitative estimate of drug-likeness (QED) is 0.412. The summed E-state index contributed by atoms with van der Waals surface area (Å²) in [5, 5.41) is 13.2. The highest BCUT2D eigenvalue weighted by atomic mass is 16.5. The normalized spacial score (nSPS) is 18.1. The van der Waals surface area contributed by atoms with Crippen LogP contribution in [0.3, 0.4) is 0 Å². The summed E-state index contributed by atoms with van der Waals surface area (Å²) in [6.45, 7) is 6.05. The number of carbonyl (C=O) groups is 3. The number of amides is 1. The van der Waals surface area contributed by atoms with Gasteiger partial charge in [0.25, 0.3) is 5.91 Å². The molecule has 2 atom stereocenters. The Hall–Kier alpha value is -3.19. The minimum atomic E-state index is -1.78. The highest BCUT2D eigenvalue weighted by molar-refractivity contribution is 6.07. The molecule has 2 aromatic carbocycles. The molecule has 1 unspecified atom stereocenters. The molecule has 0 spiro atoms. The van der Waals surface area contributed by atoms with Crippen LogP contribution in [0.2, 0.25) is 0 Å². The van der Waals surface area contributed by atoms with Crippen molar-refractivity contribution < 1.29 is 24.2 Å². The van der Waals surface area contributed by atoms with Gasteiger partial charge in [0.1, 0.15) is 0 Å². The van der Waals surface area contributed by atoms with Crippen LogP contribution in [0, 0.1) is 5.92 Å². The van der Waals surface area contributed by atoms with Gasteiger partial charge in [-0.2, -0.15) is 0 Å². The first-order valence-electron chi connectivity index (χ1n) is 11.8. The zero-order valence-corrected chi connectivity index (χ0v) is 20.1. The second-order valence-corrected chi connectivity index (χ2v) is 9.03. The summed E-state index contributed by atoms with van der Waals surface area (Å²) in [6.07, 6.45) is 1.20. The number of carboxylic acids is 1. The van der Waals surface area contributed by atoms with Gasteiger partial charge in [-0.3, -0.25) is 14.9 Å². The van der Waals surface area contributed by atoms with Crippen molar-refractivity contribution in [3.63, 3.8) is 0 Å². The molecule has 0 radical (unpaired) electrons. The van der Waals surface area contributed by atoms with E-state index in [0.717, 1.165) is 16.7 Å². The van der Waals surface area contributed by atoms with Gasteiger partial charge >= 0.3 is 11.9 Å². The van der Waals surface area contributed by atoms with Crippen LogP contribution < -0.4 is 5.32 Å². The molecular formula is C27H34N2O5. The summed E-state index contributed by atoms with van der Waals surface area (Å²) in [7, 11) is 0. The standard InChI is InChI=1S/C27H34N2O5/c1-4-34-24(30)23(15-14-20-10-6-5-7-11-20)18-29(19(2)3)25(31)27(26(32)33)16-21-12-8-9-13-22(21)17-28-27/h5-13,19,23,28H,4,14-18H2,1-3H3,(H,32,33)/t23-,27?/m0/s1. The third-order valence-electron chi connectivity index (χ3n) is 6.43. The molecule has 2 aromatic rings. The van der Waals surface area contributed by atoms with E-state index in [-0.39, 0.29) is 38.1 Å². The Morgan fingerprint density at radius 2 is 1.71 bits per heavy atom. The topological polar surface area (TPSA) is 95.9 Å². The first kappa shape index (κ1) is 25.4. The number of nitrogens with zero attached hydrogens (tertiary/aromatic N) is 1. The number of hydrogen-bond donors (Lipinski definition) is 2. The Labute approximate surface area is 201 Å². The van der Waals surface area contributed by atoms with E-state index in [1.165, 1.54) is 4.90 Å². The van der Waals surface area contributed by atoms with E-state index in [1.54, 1.807) is 6.92 Å². The van der Waals surface area contributed by atoms with E-state index in [4.69, 9.17) is 4.74 Å². The summed E-state index contributed by atoms with van der Waals surface area (Å²) < 4.78 is 5.31. The lowest BCUT2D eigenvalue weighted by Crippen LogP contribution is -2.66. The van der Waals surface area contributed by atoms with Crippen molar-refractivity contribution in [3.05, 3.63) is 71.3 Å². The molecule has 0 saturated heterocycles. The summed E-state index contributed by atoms with van der Waals surface area (Å²) >= 11 is 0. The van der Waals surface area contributed by atoms with E-state index in [9.17, 15) is 19.5 Å². The van der Waals surface area contributed by atoms with Crippen LogP contribution in [0.25, 0.3) is 0 Å². The van der Waals surface area contributed by atoms with E-state index < -0.39 is 23.3 Å². The fourth-order valence-corrected chi connectivity index (χ4v) is 4.43. The van der Waals surface area contributed by atoms with Gasteiger partial charge in [-0.25, -0.2) is 4.79 Å². The number of hydrogen-bond acceptors (Lipinski definition) is 5. The lowest BCUT2D eigenvalue weighted by atomic mass is 9.83. The van der Waals surface area contributed by atoms with Gasteiger partial charge in [0.15, 0.2) is 0 Å². The molecule has 34 heavy (non-hydrogen) atoms. The van der Waals surface area contributed by atoms with Gasteiger partial charge in [-0.15, -0.1) is 0 Å². The summed E-state index contributed by atoms with van der Waals surface area (Å²) in [5.41, 5.74) is 1.13. The number of rotatable bonds is 10. The van der Waals surface area contributed by atoms with E-state index in [2.05, 4.69) is 5.32 Å². The molecule has 0 bridgehead atoms. The van der Waals surface area contributed by atoms with Gasteiger partial charge in [-0.05, 0) is 50.3 Å². The fraction of sp³-hybridized carbons (Fsp3) is 0.444. The number of nitrogens with one attached hydrogen (secondary N) is 1. The van der Waals surface area contributed by atoms with E-state index in [0.29, 0.717) is 12.8 Å². The lowest BCUT2D eigenvalue weighted by molar-refractivity contribution is -0.158. The molecule has 1 heterocycles. The molecule has 0 aromatic heterocycles. The van der Waals surface area contributed by atoms with Crippen molar-refractivity contribution in [1.29, 1.82) is 0 Å². The van der Waals surface area contributed by atoms with Crippen LogP contribution in [0.5, 0.6) is 0 Å². The van der Waals surface area contributed by atoms with Crippen molar-refractivity contribution in [2.24, 2.45) is 5.92 Å². The van der Waals surface area contributed by atoms with Crippen molar-refractivity contribution in [1.82, 2.24) is 10.2 Å². The molecule has 1 aliphatic rings. The number of esters is 1. The SMILES string of the molecule is CCOC(=O)[C@@H](CCc1ccccc1)CN(C(=O)C1(C(=O)O)Cc2ccccc2CN1)C(C)C. The lowest BCUT2D eigenvalue weighted by Gasteiger charge is -2.40. The maximum Gasteiger partial charge on any atom is 0.334 e. The first-order valence-corrected chi connectivity index (χ1v) is 11.8. The summed E-state index contributed by atoms with van der Waals surface area (Å²) in [6, 6.07) is 17.1. The Bertz CT molecular complexity index is 1010. The van der Waals surface area contributed by atoms with Crippen LogP contribution in [-0.2, 0) is 38.5 Å². The zero-order valence-electron chi connectivity index (χ0n) is 20.1. The van der Waals surface area contributed by atoms with Gasteiger partial charge in [-0.1, -0.05) is 54.6 Å². The van der Waals surface area contributed by atoms with Gasteiger partial charge in [0, 0.05) is 25.6 Å². The van der Waals surface area contributed by atoms with Crippen LogP contribution in [0.4, 0.5) is 0 Å². The molecule has 182 valence electrons. The average molecular weight is 467 g/mol. The van der Waals surface area contributed by atoms with Crippen molar-refractivity contribution >= 4 is 17.8 Å². The van der Waals surface area contributed by atoms with Crippen molar-refractivity contribution in [3.8, 4) is 0 Å². The van der Waals surface area contributed by atoms with Crippen molar-refractivity contribution in [2.45, 2.75) is 58.2 Å². The third kappa shape index (κ3) is 5.65. The highest BCUT2D eigenvalue weighted by Crippen LogP contribution is 2.27. The third-order valence-corrected chi connectivity index (χ3v) is 6.43. The molecule has 0 saturated carbocycles. The number of aliphatic carboxylic acids is 1. The molecule has 1 aliphatic heterocycles. The molecule has 7 heteroatoms. The molecule has 0 aliphatic carbocycles. The molecular weight excluding hydrogens is 432 g/mol. The predicted octanol–water partition coefficient (Wildman–Crippen LogP) is 3.20. The predicted molar refractivity (Wildman–Crippen MR) is 129 cm³/mol. The smallest absolute Gasteiger partial charge is 0.334 e. The molecule has 2 N–H and O–H groups in total. The zero-order chi connectivity index (χ0) is 24.7. The van der Waals surface area contributed by atoms with E-state index >= 15 is 0 Å². The number of ether oxygens (including phenoxy) is 1. The number of carbonyl (C=O) groups excluding carboxylic acids is 2. The fourth-order valence-electron chi connectivity index (χ4n) is 4.43. The first-order chi connectivity index (χ1) is 16.3. The Balaban J connectivity index is 1.86. The maximum absolute atomic E-state index is 13.8. The minimum Gasteiger partial charge on any atom is -0.479 e. The van der Waals surface area contributed by atoms with Gasteiger partial charge in [0.2, 0.25) is 5.54 Å². The Morgan fingerprint density at radius 3 is 2.32 bits per heavy atom. The van der Waals surface area contributed by atoms with Crippen molar-refractivity contribution in [2.75, 3.05) is 13.2 Å². The largest absolute Gasteiger partial charge is 0.479 e. The molecule has 7 nitrogen and oxygen atoms in total. The monoisotopic (exact) mass is 466 g/mol. The molecule has 1 amide bonds. The minimum absolute atomic E-state index is 0.0502. The Morgan fingerprint density at radius 1 is 1.06 bits per heavy atom.